The molecule has 20 heavy (non-hydrogen) atoms. The molecule has 0 atom stereocenters. The Hall–Kier alpha value is -0.120. The molecule has 3 heteroatoms. The summed E-state index contributed by atoms with van der Waals surface area (Å²) in [6, 6.07) is 0. The van der Waals surface area contributed by atoms with Gasteiger partial charge in [-0.05, 0) is 58.4 Å². The summed E-state index contributed by atoms with van der Waals surface area (Å²) >= 11 is 0. The Morgan fingerprint density at radius 3 is 2.40 bits per heavy atom. The van der Waals surface area contributed by atoms with E-state index in [0.29, 0.717) is 12.7 Å². The van der Waals surface area contributed by atoms with Crippen LogP contribution in [0, 0.1) is 5.92 Å². The maximum atomic E-state index is 6.27. The van der Waals surface area contributed by atoms with Gasteiger partial charge in [0.2, 0.25) is 0 Å². The number of hydrogen-bond donors (Lipinski definition) is 1. The van der Waals surface area contributed by atoms with Crippen molar-refractivity contribution in [2.24, 2.45) is 5.92 Å². The van der Waals surface area contributed by atoms with E-state index in [2.05, 4.69) is 33.0 Å². The molecule has 1 rings (SSSR count). The van der Waals surface area contributed by atoms with Gasteiger partial charge in [-0.25, -0.2) is 0 Å². The largest absolute Gasteiger partial charge is 0.376 e. The molecule has 0 amide bonds. The van der Waals surface area contributed by atoms with Gasteiger partial charge >= 0.3 is 0 Å². The Kier molecular flexibility index (Phi) is 8.74. The lowest BCUT2D eigenvalue weighted by Crippen LogP contribution is -2.46. The van der Waals surface area contributed by atoms with Gasteiger partial charge in [0.25, 0.3) is 0 Å². The van der Waals surface area contributed by atoms with E-state index in [1.165, 1.54) is 38.5 Å². The van der Waals surface area contributed by atoms with Gasteiger partial charge < -0.3 is 14.8 Å². The minimum absolute atomic E-state index is 0.0567. The average Bonchev–Trinajstić information content (AvgIpc) is 2.45. The molecule has 1 fully saturated rings. The maximum Gasteiger partial charge on any atom is 0.0807 e. The minimum atomic E-state index is 0.0567. The normalized spacial score (nSPS) is 27.1. The lowest BCUT2D eigenvalue weighted by molar-refractivity contribution is -0.0975. The lowest BCUT2D eigenvalue weighted by Gasteiger charge is -2.40. The van der Waals surface area contributed by atoms with Crippen LogP contribution >= 0.6 is 0 Å². The molecule has 0 heterocycles. The van der Waals surface area contributed by atoms with Crippen LogP contribution < -0.4 is 5.32 Å². The second-order valence-electron chi connectivity index (χ2n) is 6.48. The van der Waals surface area contributed by atoms with E-state index in [9.17, 15) is 0 Å². The molecule has 120 valence electrons. The highest BCUT2D eigenvalue weighted by Crippen LogP contribution is 2.36. The van der Waals surface area contributed by atoms with E-state index in [0.717, 1.165) is 25.6 Å². The summed E-state index contributed by atoms with van der Waals surface area (Å²) in [4.78, 5) is 0. The molecule has 1 N–H and O–H groups in total. The average molecular weight is 285 g/mol. The van der Waals surface area contributed by atoms with Crippen LogP contribution in [0.4, 0.5) is 0 Å². The number of ether oxygens (including phenoxy) is 2. The molecule has 1 saturated carbocycles. The quantitative estimate of drug-likeness (QED) is 0.620. The summed E-state index contributed by atoms with van der Waals surface area (Å²) in [5.74, 6) is 0.907. The van der Waals surface area contributed by atoms with E-state index in [1.807, 2.05) is 0 Å². The summed E-state index contributed by atoms with van der Waals surface area (Å²) in [7, 11) is 0. The zero-order chi connectivity index (χ0) is 14.8. The van der Waals surface area contributed by atoms with Crippen molar-refractivity contribution in [3.63, 3.8) is 0 Å². The van der Waals surface area contributed by atoms with E-state index in [1.54, 1.807) is 0 Å². The molecule has 0 aromatic heterocycles. The van der Waals surface area contributed by atoms with Crippen LogP contribution in [-0.2, 0) is 9.47 Å². The third-order valence-corrected chi connectivity index (χ3v) is 4.41. The van der Waals surface area contributed by atoms with Crippen LogP contribution in [0.15, 0.2) is 0 Å². The fourth-order valence-corrected chi connectivity index (χ4v) is 3.02. The standard InChI is InChI=1S/C17H35NO2/c1-5-11-18-14-17(20-13-12-19-15(3)4)9-7-16(6-2)8-10-17/h15-16,18H,5-14H2,1-4H3. The van der Waals surface area contributed by atoms with Crippen LogP contribution in [0.3, 0.4) is 0 Å². The van der Waals surface area contributed by atoms with Crippen LogP contribution in [0.1, 0.15) is 66.2 Å². The third kappa shape index (κ3) is 6.55. The second-order valence-corrected chi connectivity index (χ2v) is 6.48. The Morgan fingerprint density at radius 2 is 1.85 bits per heavy atom. The smallest absolute Gasteiger partial charge is 0.0807 e. The molecule has 1 aliphatic rings. The molecule has 0 saturated heterocycles. The molecule has 0 spiro atoms. The summed E-state index contributed by atoms with van der Waals surface area (Å²) < 4.78 is 11.9. The SMILES string of the molecule is CCCNCC1(OCCOC(C)C)CCC(CC)CC1. The van der Waals surface area contributed by atoms with Gasteiger partial charge in [0.1, 0.15) is 0 Å². The number of nitrogens with one attached hydrogen (secondary N) is 1. The maximum absolute atomic E-state index is 6.27. The first-order chi connectivity index (χ1) is 9.62. The van der Waals surface area contributed by atoms with Gasteiger partial charge in [-0.15, -0.1) is 0 Å². The molecular weight excluding hydrogens is 250 g/mol. The van der Waals surface area contributed by atoms with Gasteiger partial charge in [0.15, 0.2) is 0 Å². The highest BCUT2D eigenvalue weighted by molar-refractivity contribution is 4.89. The number of hydrogen-bond acceptors (Lipinski definition) is 3. The van der Waals surface area contributed by atoms with Crippen LogP contribution in [0.2, 0.25) is 0 Å². The van der Waals surface area contributed by atoms with Crippen molar-refractivity contribution in [1.82, 2.24) is 5.32 Å². The Bertz CT molecular complexity index is 230. The third-order valence-electron chi connectivity index (χ3n) is 4.41. The Morgan fingerprint density at radius 1 is 1.15 bits per heavy atom. The van der Waals surface area contributed by atoms with Crippen molar-refractivity contribution in [3.05, 3.63) is 0 Å². The molecule has 0 radical (unpaired) electrons. The molecule has 3 nitrogen and oxygen atoms in total. The van der Waals surface area contributed by atoms with E-state index in [-0.39, 0.29) is 5.60 Å². The summed E-state index contributed by atoms with van der Waals surface area (Å²) in [5.41, 5.74) is 0.0567. The zero-order valence-corrected chi connectivity index (χ0v) is 14.0. The topological polar surface area (TPSA) is 30.5 Å². The molecule has 0 bridgehead atoms. The lowest BCUT2D eigenvalue weighted by atomic mass is 9.77. The molecule has 0 unspecified atom stereocenters. The first-order valence-corrected chi connectivity index (χ1v) is 8.58. The summed E-state index contributed by atoms with van der Waals surface area (Å²) in [5, 5.41) is 3.56. The van der Waals surface area contributed by atoms with Crippen molar-refractivity contribution in [3.8, 4) is 0 Å². The molecule has 0 aromatic carbocycles. The van der Waals surface area contributed by atoms with Crippen molar-refractivity contribution in [2.75, 3.05) is 26.3 Å². The summed E-state index contributed by atoms with van der Waals surface area (Å²) in [6.45, 7) is 12.2. The number of rotatable bonds is 10. The Labute approximate surface area is 125 Å². The van der Waals surface area contributed by atoms with E-state index in [4.69, 9.17) is 9.47 Å². The molecular formula is C17H35NO2. The van der Waals surface area contributed by atoms with Gasteiger partial charge in [-0.2, -0.15) is 0 Å². The fourth-order valence-electron chi connectivity index (χ4n) is 3.02. The fraction of sp³-hybridized carbons (Fsp3) is 1.00. The van der Waals surface area contributed by atoms with Gasteiger partial charge in [-0.3, -0.25) is 0 Å². The monoisotopic (exact) mass is 285 g/mol. The Balaban J connectivity index is 2.39. The highest BCUT2D eigenvalue weighted by atomic mass is 16.5. The zero-order valence-electron chi connectivity index (χ0n) is 14.0. The predicted octanol–water partition coefficient (Wildman–Crippen LogP) is 3.77. The van der Waals surface area contributed by atoms with Crippen LogP contribution in [0.5, 0.6) is 0 Å². The first kappa shape index (κ1) is 17.9. The van der Waals surface area contributed by atoms with Gasteiger partial charge in [-0.1, -0.05) is 20.3 Å². The van der Waals surface area contributed by atoms with E-state index < -0.39 is 0 Å². The summed E-state index contributed by atoms with van der Waals surface area (Å²) in [6.07, 6.45) is 7.82. The molecule has 0 aromatic rings. The van der Waals surface area contributed by atoms with Crippen molar-refractivity contribution < 1.29 is 9.47 Å². The predicted molar refractivity (Wildman–Crippen MR) is 85.2 cm³/mol. The molecule has 1 aliphatic carbocycles. The van der Waals surface area contributed by atoms with Gasteiger partial charge in [0.05, 0.1) is 24.9 Å². The first-order valence-electron chi connectivity index (χ1n) is 8.58. The van der Waals surface area contributed by atoms with Crippen molar-refractivity contribution in [2.45, 2.75) is 77.9 Å². The van der Waals surface area contributed by atoms with Crippen LogP contribution in [-0.4, -0.2) is 38.0 Å². The van der Waals surface area contributed by atoms with Crippen LogP contribution in [0.25, 0.3) is 0 Å². The second kappa shape index (κ2) is 9.75. The van der Waals surface area contributed by atoms with Crippen molar-refractivity contribution in [1.29, 1.82) is 0 Å². The van der Waals surface area contributed by atoms with Gasteiger partial charge in [0, 0.05) is 6.54 Å². The molecule has 0 aliphatic heterocycles. The van der Waals surface area contributed by atoms with E-state index >= 15 is 0 Å². The highest BCUT2D eigenvalue weighted by Gasteiger charge is 2.35. The van der Waals surface area contributed by atoms with Crippen molar-refractivity contribution >= 4 is 0 Å². The minimum Gasteiger partial charge on any atom is -0.376 e.